The van der Waals surface area contributed by atoms with Crippen LogP contribution in [0.2, 0.25) is 0 Å². The molecule has 0 N–H and O–H groups in total. The van der Waals surface area contributed by atoms with E-state index in [2.05, 4.69) is 11.0 Å². The van der Waals surface area contributed by atoms with Crippen LogP contribution in [0, 0.1) is 6.92 Å². The molecule has 3 rings (SSSR count). The summed E-state index contributed by atoms with van der Waals surface area (Å²) in [5.74, 6) is 3.53. The molecular formula is C22H26F3N2O2S-. The van der Waals surface area contributed by atoms with E-state index in [1.807, 2.05) is 41.6 Å². The molecule has 1 heterocycles. The highest BCUT2D eigenvalue weighted by Crippen LogP contribution is 2.29. The van der Waals surface area contributed by atoms with Gasteiger partial charge in [-0.25, -0.2) is 10.6 Å². The molecule has 0 bridgehead atoms. The first kappa shape index (κ1) is 24.0. The van der Waals surface area contributed by atoms with Crippen molar-refractivity contribution < 1.29 is 22.2 Å². The highest BCUT2D eigenvalue weighted by atomic mass is 32.2. The van der Waals surface area contributed by atoms with Crippen molar-refractivity contribution in [1.82, 2.24) is 4.31 Å². The molecule has 2 aromatic carbocycles. The van der Waals surface area contributed by atoms with Crippen LogP contribution in [0.3, 0.4) is 0 Å². The molecule has 0 saturated carbocycles. The van der Waals surface area contributed by atoms with Crippen molar-refractivity contribution >= 4 is 22.2 Å². The molecule has 1 aliphatic rings. The van der Waals surface area contributed by atoms with Gasteiger partial charge in [0.15, 0.2) is 0 Å². The molecule has 1 saturated heterocycles. The van der Waals surface area contributed by atoms with E-state index in [1.54, 1.807) is 13.0 Å². The van der Waals surface area contributed by atoms with Crippen molar-refractivity contribution in [3.05, 3.63) is 71.3 Å². The molecule has 1 aliphatic heterocycles. The Morgan fingerprint density at radius 2 is 1.73 bits per heavy atom. The van der Waals surface area contributed by atoms with E-state index in [0.29, 0.717) is 5.56 Å². The van der Waals surface area contributed by atoms with Gasteiger partial charge in [-0.05, 0) is 38.6 Å². The summed E-state index contributed by atoms with van der Waals surface area (Å²) in [6, 6.07) is 15.2. The summed E-state index contributed by atoms with van der Waals surface area (Å²) in [7, 11) is -1.12. The number of alkyl halides is 3. The topological polar surface area (TPSA) is 41.9 Å². The van der Waals surface area contributed by atoms with Gasteiger partial charge in [-0.1, -0.05) is 59.3 Å². The number of piperidine rings is 1. The number of oxime groups is 1. The SMILES string of the molecule is C=[S-](=O)N1CCC(=NOC(C)c2ccccc2)CC1.Cc1cccc(C(F)(F)F)c1. The standard InChI is InChI=1S/C14H19N2O2S.C8H7F3/c1-12(13-6-4-3-5-7-13)18-15-14-8-10-16(11-9-14)19(2)17;1-6-3-2-4-7(5-6)8(9,10)11/h3-7,12H,2,8-11H2,1H3;2-5H,1H3/q-1;. The van der Waals surface area contributed by atoms with E-state index in [9.17, 15) is 17.4 Å². The monoisotopic (exact) mass is 439 g/mol. The van der Waals surface area contributed by atoms with Gasteiger partial charge in [0.2, 0.25) is 0 Å². The fourth-order valence-electron chi connectivity index (χ4n) is 2.80. The predicted molar refractivity (Wildman–Crippen MR) is 116 cm³/mol. The summed E-state index contributed by atoms with van der Waals surface area (Å²) < 4.78 is 49.0. The maximum Gasteiger partial charge on any atom is 0.416 e. The summed E-state index contributed by atoms with van der Waals surface area (Å²) in [5, 5.41) is 4.22. The molecule has 8 heteroatoms. The average Bonchev–Trinajstić information content (AvgIpc) is 2.73. The Morgan fingerprint density at radius 3 is 2.23 bits per heavy atom. The number of aryl methyl sites for hydroxylation is 1. The molecule has 2 aromatic rings. The van der Waals surface area contributed by atoms with E-state index in [1.165, 1.54) is 6.07 Å². The lowest BCUT2D eigenvalue weighted by molar-refractivity contribution is -0.137. The predicted octanol–water partition coefficient (Wildman–Crippen LogP) is 5.54. The fraction of sp³-hybridized carbons (Fsp3) is 0.364. The van der Waals surface area contributed by atoms with Gasteiger partial charge in [-0.15, -0.1) is 0 Å². The first-order chi connectivity index (χ1) is 14.2. The van der Waals surface area contributed by atoms with E-state index in [4.69, 9.17) is 4.84 Å². The molecule has 30 heavy (non-hydrogen) atoms. The Kier molecular flexibility index (Phi) is 8.92. The smallest absolute Gasteiger partial charge is 0.416 e. The van der Waals surface area contributed by atoms with Crippen molar-refractivity contribution in [1.29, 1.82) is 0 Å². The summed E-state index contributed by atoms with van der Waals surface area (Å²) in [4.78, 5) is 5.54. The van der Waals surface area contributed by atoms with Crippen LogP contribution in [0.5, 0.6) is 0 Å². The lowest BCUT2D eigenvalue weighted by atomic mass is 10.1. The Bertz CT molecular complexity index is 894. The molecule has 1 unspecified atom stereocenters. The maximum absolute atomic E-state index is 12.0. The molecule has 0 aliphatic carbocycles. The van der Waals surface area contributed by atoms with Crippen molar-refractivity contribution in [3.63, 3.8) is 0 Å². The van der Waals surface area contributed by atoms with E-state index in [-0.39, 0.29) is 6.10 Å². The van der Waals surface area contributed by atoms with Gasteiger partial charge in [0.1, 0.15) is 6.10 Å². The summed E-state index contributed by atoms with van der Waals surface area (Å²) >= 11 is 0. The zero-order valence-electron chi connectivity index (χ0n) is 17.1. The van der Waals surface area contributed by atoms with Crippen LogP contribution in [0.4, 0.5) is 13.2 Å². The average molecular weight is 440 g/mol. The van der Waals surface area contributed by atoms with Gasteiger partial charge in [0, 0.05) is 12.8 Å². The lowest BCUT2D eigenvalue weighted by Crippen LogP contribution is -2.32. The number of rotatable bonds is 4. The van der Waals surface area contributed by atoms with Crippen molar-refractivity contribution in [3.8, 4) is 0 Å². The second kappa shape index (κ2) is 11.2. The van der Waals surface area contributed by atoms with Crippen LogP contribution < -0.4 is 0 Å². The van der Waals surface area contributed by atoms with Crippen LogP contribution in [0.1, 0.15) is 42.6 Å². The molecule has 164 valence electrons. The zero-order chi connectivity index (χ0) is 22.1. The number of nitrogens with zero attached hydrogens (tertiary/aromatic N) is 2. The van der Waals surface area contributed by atoms with Crippen LogP contribution in [0.15, 0.2) is 59.8 Å². The highest BCUT2D eigenvalue weighted by Gasteiger charge is 2.29. The van der Waals surface area contributed by atoms with Crippen molar-refractivity contribution in [2.24, 2.45) is 5.16 Å². The lowest BCUT2D eigenvalue weighted by Gasteiger charge is -2.31. The Balaban J connectivity index is 0.000000248. The van der Waals surface area contributed by atoms with E-state index in [0.717, 1.165) is 49.3 Å². The third-order valence-electron chi connectivity index (χ3n) is 4.54. The van der Waals surface area contributed by atoms with Crippen LogP contribution in [-0.4, -0.2) is 29.0 Å². The quantitative estimate of drug-likeness (QED) is 0.357. The first-order valence-electron chi connectivity index (χ1n) is 9.53. The Morgan fingerprint density at radius 1 is 1.10 bits per heavy atom. The van der Waals surface area contributed by atoms with Crippen molar-refractivity contribution in [2.75, 3.05) is 13.1 Å². The molecule has 0 amide bonds. The maximum atomic E-state index is 12.0. The van der Waals surface area contributed by atoms with Crippen molar-refractivity contribution in [2.45, 2.75) is 39.0 Å². The van der Waals surface area contributed by atoms with Gasteiger partial charge >= 0.3 is 6.18 Å². The van der Waals surface area contributed by atoms with E-state index >= 15 is 0 Å². The summed E-state index contributed by atoms with van der Waals surface area (Å²) in [5.41, 5.74) is 2.19. The van der Waals surface area contributed by atoms with Gasteiger partial charge < -0.3 is 13.4 Å². The second-order valence-electron chi connectivity index (χ2n) is 6.93. The molecule has 0 radical (unpaired) electrons. The molecule has 1 atom stereocenters. The molecule has 0 spiro atoms. The number of halogens is 3. The third kappa shape index (κ3) is 7.84. The van der Waals surface area contributed by atoms with Gasteiger partial charge in [0.25, 0.3) is 0 Å². The molecule has 0 aromatic heterocycles. The number of hydrogen-bond donors (Lipinski definition) is 0. The molecule has 1 fully saturated rings. The minimum atomic E-state index is -4.22. The van der Waals surface area contributed by atoms with Gasteiger partial charge in [-0.2, -0.15) is 19.0 Å². The number of benzene rings is 2. The summed E-state index contributed by atoms with van der Waals surface area (Å²) in [6.07, 6.45) is -2.67. The van der Waals surface area contributed by atoms with Gasteiger partial charge in [-0.3, -0.25) is 0 Å². The second-order valence-corrected chi connectivity index (χ2v) is 8.09. The van der Waals surface area contributed by atoms with Crippen LogP contribution >= 0.6 is 0 Å². The molecule has 4 nitrogen and oxygen atoms in total. The number of hydrogen-bond acceptors (Lipinski definition) is 4. The third-order valence-corrected chi connectivity index (χ3v) is 5.48. The fourth-order valence-corrected chi connectivity index (χ4v) is 3.39. The van der Waals surface area contributed by atoms with Crippen LogP contribution in [-0.2, 0) is 25.8 Å². The Labute approximate surface area is 177 Å². The minimum absolute atomic E-state index is 0.0475. The minimum Gasteiger partial charge on any atom is -0.448 e. The van der Waals surface area contributed by atoms with E-state index < -0.39 is 22.3 Å². The largest absolute Gasteiger partial charge is 0.448 e. The molecular weight excluding hydrogens is 413 g/mol. The normalized spacial score (nSPS) is 15.9. The first-order valence-corrected chi connectivity index (χ1v) is 10.8. The van der Waals surface area contributed by atoms with Gasteiger partial charge in [0.05, 0.1) is 11.3 Å². The zero-order valence-corrected chi connectivity index (χ0v) is 17.9. The Hall–Kier alpha value is -2.32. The van der Waals surface area contributed by atoms with Crippen LogP contribution in [0.25, 0.3) is 0 Å². The summed E-state index contributed by atoms with van der Waals surface area (Å²) in [6.45, 7) is 5.09. The highest BCUT2D eigenvalue weighted by molar-refractivity contribution is 7.80.